The van der Waals surface area contributed by atoms with Crippen molar-refractivity contribution in [1.29, 1.82) is 5.26 Å². The molecule has 0 atom stereocenters. The Kier molecular flexibility index (Phi) is 5.24. The highest BCUT2D eigenvalue weighted by atomic mass is 16.5. The van der Waals surface area contributed by atoms with Crippen molar-refractivity contribution < 1.29 is 9.53 Å². The van der Waals surface area contributed by atoms with Crippen LogP contribution in [0.25, 0.3) is 0 Å². The van der Waals surface area contributed by atoms with Crippen molar-refractivity contribution in [2.24, 2.45) is 0 Å². The number of amides is 1. The number of rotatable bonds is 4. The van der Waals surface area contributed by atoms with Crippen LogP contribution in [-0.2, 0) is 0 Å². The Labute approximate surface area is 146 Å². The van der Waals surface area contributed by atoms with Crippen molar-refractivity contribution in [3.63, 3.8) is 0 Å². The molecule has 1 amide bonds. The number of carbonyl (C=O) groups excluding carboxylic acids is 1. The molecule has 128 valence electrons. The number of nitrogens with one attached hydrogen (secondary N) is 1. The van der Waals surface area contributed by atoms with Crippen LogP contribution in [0.3, 0.4) is 0 Å². The molecule has 1 aromatic carbocycles. The lowest BCUT2D eigenvalue weighted by molar-refractivity contribution is 0.0889. The van der Waals surface area contributed by atoms with Gasteiger partial charge in [0.1, 0.15) is 12.2 Å². The minimum atomic E-state index is -0.0370. The van der Waals surface area contributed by atoms with Gasteiger partial charge in [-0.3, -0.25) is 4.79 Å². The summed E-state index contributed by atoms with van der Waals surface area (Å²) >= 11 is 0. The van der Waals surface area contributed by atoms with E-state index in [1.54, 1.807) is 0 Å². The van der Waals surface area contributed by atoms with Crippen molar-refractivity contribution in [3.8, 4) is 11.9 Å². The molecule has 0 bridgehead atoms. The molecule has 1 aliphatic carbocycles. The topological polar surface area (TPSA) is 87.9 Å². The van der Waals surface area contributed by atoms with E-state index in [1.807, 2.05) is 37.3 Å². The third-order valence-electron chi connectivity index (χ3n) is 4.37. The Balaban J connectivity index is 1.51. The molecular formula is C19H20N4O2. The standard InChI is InChI=1S/C19H20N4O2/c1-13-2-4-14(5-3-13)18(24)23-15-6-8-16(9-7-15)25-19-17(12-20)21-10-11-22-19/h2-5,10-11,15-16H,6-9H2,1H3,(H,23,24). The number of aromatic nitrogens is 2. The van der Waals surface area contributed by atoms with E-state index in [-0.39, 0.29) is 29.6 Å². The molecule has 1 heterocycles. The fourth-order valence-electron chi connectivity index (χ4n) is 2.94. The fourth-order valence-corrected chi connectivity index (χ4v) is 2.94. The summed E-state index contributed by atoms with van der Waals surface area (Å²) in [5.41, 5.74) is 2.02. The van der Waals surface area contributed by atoms with Crippen molar-refractivity contribution in [2.75, 3.05) is 0 Å². The van der Waals surface area contributed by atoms with Gasteiger partial charge in [-0.15, -0.1) is 0 Å². The second-order valence-corrected chi connectivity index (χ2v) is 6.25. The van der Waals surface area contributed by atoms with E-state index in [9.17, 15) is 4.79 Å². The molecule has 0 spiro atoms. The third-order valence-corrected chi connectivity index (χ3v) is 4.37. The van der Waals surface area contributed by atoms with Gasteiger partial charge >= 0.3 is 0 Å². The molecule has 0 radical (unpaired) electrons. The van der Waals surface area contributed by atoms with Gasteiger partial charge in [-0.05, 0) is 44.7 Å². The van der Waals surface area contributed by atoms with Crippen LogP contribution < -0.4 is 10.1 Å². The summed E-state index contributed by atoms with van der Waals surface area (Å²) in [7, 11) is 0. The molecule has 0 aliphatic heterocycles. The predicted molar refractivity (Wildman–Crippen MR) is 92.1 cm³/mol. The van der Waals surface area contributed by atoms with Crippen molar-refractivity contribution >= 4 is 5.91 Å². The van der Waals surface area contributed by atoms with Crippen LogP contribution in [-0.4, -0.2) is 28.0 Å². The number of nitrogens with zero attached hydrogens (tertiary/aromatic N) is 3. The maximum absolute atomic E-state index is 12.3. The second kappa shape index (κ2) is 7.75. The van der Waals surface area contributed by atoms with Crippen LogP contribution in [0, 0.1) is 18.3 Å². The van der Waals surface area contributed by atoms with Crippen LogP contribution in [0.5, 0.6) is 5.88 Å². The van der Waals surface area contributed by atoms with E-state index < -0.39 is 0 Å². The lowest BCUT2D eigenvalue weighted by Crippen LogP contribution is -2.39. The van der Waals surface area contributed by atoms with E-state index in [2.05, 4.69) is 15.3 Å². The summed E-state index contributed by atoms with van der Waals surface area (Å²) in [4.78, 5) is 20.3. The summed E-state index contributed by atoms with van der Waals surface area (Å²) in [5.74, 6) is 0.252. The number of ether oxygens (including phenoxy) is 1. The Bertz CT molecular complexity index is 775. The smallest absolute Gasteiger partial charge is 0.251 e. The van der Waals surface area contributed by atoms with E-state index >= 15 is 0 Å². The molecule has 1 saturated carbocycles. The van der Waals surface area contributed by atoms with Gasteiger partial charge in [0.2, 0.25) is 5.69 Å². The fraction of sp³-hybridized carbons (Fsp3) is 0.368. The lowest BCUT2D eigenvalue weighted by Gasteiger charge is -2.29. The molecule has 1 aliphatic rings. The molecule has 0 unspecified atom stereocenters. The molecule has 1 N–H and O–H groups in total. The number of benzene rings is 1. The quantitative estimate of drug-likeness (QED) is 0.927. The number of aryl methyl sites for hydroxylation is 1. The van der Waals surface area contributed by atoms with Crippen LogP contribution in [0.1, 0.15) is 47.3 Å². The van der Waals surface area contributed by atoms with Gasteiger partial charge in [0, 0.05) is 24.0 Å². The summed E-state index contributed by atoms with van der Waals surface area (Å²) in [6, 6.07) is 9.69. The number of hydrogen-bond acceptors (Lipinski definition) is 5. The first kappa shape index (κ1) is 16.9. The monoisotopic (exact) mass is 336 g/mol. The first-order valence-electron chi connectivity index (χ1n) is 8.41. The predicted octanol–water partition coefficient (Wildman–Crippen LogP) is 2.78. The Morgan fingerprint density at radius 3 is 2.52 bits per heavy atom. The summed E-state index contributed by atoms with van der Waals surface area (Å²) < 4.78 is 5.82. The van der Waals surface area contributed by atoms with Crippen LogP contribution in [0.4, 0.5) is 0 Å². The Morgan fingerprint density at radius 2 is 1.84 bits per heavy atom. The van der Waals surface area contributed by atoms with Crippen LogP contribution in [0.15, 0.2) is 36.7 Å². The number of nitriles is 1. The molecule has 25 heavy (non-hydrogen) atoms. The Morgan fingerprint density at radius 1 is 1.16 bits per heavy atom. The van der Waals surface area contributed by atoms with Crippen molar-refractivity contribution in [3.05, 3.63) is 53.5 Å². The number of hydrogen-bond donors (Lipinski definition) is 1. The van der Waals surface area contributed by atoms with Gasteiger partial charge in [-0.25, -0.2) is 9.97 Å². The number of carbonyl (C=O) groups is 1. The molecule has 3 rings (SSSR count). The van der Waals surface area contributed by atoms with Gasteiger partial charge in [0.25, 0.3) is 11.8 Å². The van der Waals surface area contributed by atoms with Gasteiger partial charge in [-0.2, -0.15) is 5.26 Å². The van der Waals surface area contributed by atoms with Crippen LogP contribution >= 0.6 is 0 Å². The van der Waals surface area contributed by atoms with Gasteiger partial charge < -0.3 is 10.1 Å². The van der Waals surface area contributed by atoms with Crippen molar-refractivity contribution in [2.45, 2.75) is 44.8 Å². The second-order valence-electron chi connectivity index (χ2n) is 6.25. The van der Waals surface area contributed by atoms with Gasteiger partial charge in [0.05, 0.1) is 0 Å². The molecule has 6 heteroatoms. The van der Waals surface area contributed by atoms with E-state index in [1.165, 1.54) is 12.4 Å². The average Bonchev–Trinajstić information content (AvgIpc) is 2.64. The molecule has 6 nitrogen and oxygen atoms in total. The average molecular weight is 336 g/mol. The molecule has 0 saturated heterocycles. The van der Waals surface area contributed by atoms with Gasteiger partial charge in [0.15, 0.2) is 0 Å². The maximum atomic E-state index is 12.3. The third kappa shape index (κ3) is 4.32. The molecule has 1 fully saturated rings. The minimum absolute atomic E-state index is 0.00340. The van der Waals surface area contributed by atoms with Crippen LogP contribution in [0.2, 0.25) is 0 Å². The summed E-state index contributed by atoms with van der Waals surface area (Å²) in [6.07, 6.45) is 6.28. The first-order chi connectivity index (χ1) is 12.2. The minimum Gasteiger partial charge on any atom is -0.472 e. The molecule has 2 aromatic rings. The highest BCUT2D eigenvalue weighted by Gasteiger charge is 2.25. The highest BCUT2D eigenvalue weighted by molar-refractivity contribution is 5.94. The summed E-state index contributed by atoms with van der Waals surface area (Å²) in [5, 5.41) is 12.1. The van der Waals surface area contributed by atoms with E-state index in [0.717, 1.165) is 31.2 Å². The largest absolute Gasteiger partial charge is 0.472 e. The zero-order valence-corrected chi connectivity index (χ0v) is 14.1. The Hall–Kier alpha value is -2.94. The van der Waals surface area contributed by atoms with E-state index in [4.69, 9.17) is 10.00 Å². The maximum Gasteiger partial charge on any atom is 0.251 e. The van der Waals surface area contributed by atoms with Crippen molar-refractivity contribution in [1.82, 2.24) is 15.3 Å². The van der Waals surface area contributed by atoms with E-state index in [0.29, 0.717) is 5.56 Å². The van der Waals surface area contributed by atoms with Gasteiger partial charge in [-0.1, -0.05) is 17.7 Å². The highest BCUT2D eigenvalue weighted by Crippen LogP contribution is 2.24. The SMILES string of the molecule is Cc1ccc(C(=O)NC2CCC(Oc3nccnc3C#N)CC2)cc1. The first-order valence-corrected chi connectivity index (χ1v) is 8.41. The molecular weight excluding hydrogens is 316 g/mol. The molecule has 1 aromatic heterocycles. The summed E-state index contributed by atoms with van der Waals surface area (Å²) in [6.45, 7) is 2.00. The zero-order valence-electron chi connectivity index (χ0n) is 14.1. The zero-order chi connectivity index (χ0) is 17.6. The normalized spacial score (nSPS) is 19.7. The lowest BCUT2D eigenvalue weighted by atomic mass is 9.92.